The van der Waals surface area contributed by atoms with Crippen LogP contribution in [0.4, 0.5) is 0 Å². The first kappa shape index (κ1) is 28.1. The van der Waals surface area contributed by atoms with E-state index in [1.165, 1.54) is 0 Å². The number of thiophene rings is 7. The van der Waals surface area contributed by atoms with E-state index in [0.29, 0.717) is 0 Å². The van der Waals surface area contributed by atoms with Crippen molar-refractivity contribution in [3.63, 3.8) is 0 Å². The Morgan fingerprint density at radius 3 is 0.897 bits per heavy atom. The first-order valence-corrected chi connectivity index (χ1v) is 33.3. The molecular weight excluding hydrogens is 673 g/mol. The zero-order valence-corrected chi connectivity index (χ0v) is 34.6. The fourth-order valence-corrected chi connectivity index (χ4v) is 28.0. The maximum absolute atomic E-state index is 2.55. The minimum Gasteiger partial charge on any atom is -0.153 e. The highest BCUT2D eigenvalue weighted by Crippen LogP contribution is 2.56. The van der Waals surface area contributed by atoms with Gasteiger partial charge in [0.05, 0.1) is 59.1 Å². The van der Waals surface area contributed by atoms with E-state index in [9.17, 15) is 0 Å². The first-order valence-electron chi connectivity index (χ1n) is 13.6. The third-order valence-electron chi connectivity index (χ3n) is 7.42. The fourth-order valence-electron chi connectivity index (χ4n) is 5.66. The van der Waals surface area contributed by atoms with Crippen LogP contribution < -0.4 is 18.0 Å². The van der Waals surface area contributed by atoms with E-state index >= 15 is 0 Å². The Bertz CT molecular complexity index is 1950. The molecular formula is C28H36S7Si4. The van der Waals surface area contributed by atoms with Crippen LogP contribution >= 0.6 is 79.4 Å². The van der Waals surface area contributed by atoms with Crippen molar-refractivity contribution in [1.82, 2.24) is 0 Å². The van der Waals surface area contributed by atoms with Gasteiger partial charge in [-0.15, -0.1) is 56.7 Å². The molecule has 39 heavy (non-hydrogen) atoms. The molecule has 11 heteroatoms. The Labute approximate surface area is 263 Å². The highest BCUT2D eigenvalue weighted by atomic mass is 32.2. The van der Waals surface area contributed by atoms with Crippen LogP contribution in [-0.4, -0.2) is 32.3 Å². The van der Waals surface area contributed by atoms with E-state index in [0.717, 1.165) is 0 Å². The average molecular weight is 709 g/mol. The predicted octanol–water partition coefficient (Wildman–Crippen LogP) is 11.2. The van der Waals surface area contributed by atoms with Crippen molar-refractivity contribution >= 4 is 187 Å². The summed E-state index contributed by atoms with van der Waals surface area (Å²) in [6.07, 6.45) is 0. The van der Waals surface area contributed by atoms with Crippen LogP contribution in [-0.2, 0) is 0 Å². The maximum Gasteiger partial charge on any atom is 0.0923 e. The Morgan fingerprint density at radius 2 is 0.590 bits per heavy atom. The van der Waals surface area contributed by atoms with Gasteiger partial charge in [-0.2, -0.15) is 22.7 Å². The van der Waals surface area contributed by atoms with E-state index in [1.54, 1.807) is 75.8 Å². The molecule has 0 radical (unpaired) electrons. The molecule has 0 saturated heterocycles. The highest BCUT2D eigenvalue weighted by Gasteiger charge is 2.35. The SMILES string of the molecule is C[Si](C)(C)c1sc([Si](C)(C)C)c2c1sc1c2sc2sc3sc4c(sc5c([Si](C)(C)C)sc([Si](C)(C)C)c54)c3c21. The van der Waals surface area contributed by atoms with Gasteiger partial charge in [-0.05, 0) is 9.00 Å². The Balaban J connectivity index is 1.63. The van der Waals surface area contributed by atoms with E-state index in [-0.39, 0.29) is 0 Å². The van der Waals surface area contributed by atoms with Crippen molar-refractivity contribution in [2.45, 2.75) is 78.6 Å². The zero-order valence-electron chi connectivity index (χ0n) is 24.9. The summed E-state index contributed by atoms with van der Waals surface area (Å²) in [5.41, 5.74) is 0. The molecule has 7 aromatic rings. The van der Waals surface area contributed by atoms with Gasteiger partial charge >= 0.3 is 0 Å². The fraction of sp³-hybridized carbons (Fsp3) is 0.429. The lowest BCUT2D eigenvalue weighted by Crippen LogP contribution is -2.38. The molecule has 0 N–H and O–H groups in total. The topological polar surface area (TPSA) is 0 Å². The van der Waals surface area contributed by atoms with Gasteiger partial charge in [0.2, 0.25) is 0 Å². The van der Waals surface area contributed by atoms with Crippen molar-refractivity contribution in [3.05, 3.63) is 0 Å². The van der Waals surface area contributed by atoms with Gasteiger partial charge in [-0.25, -0.2) is 0 Å². The number of hydrogen-bond acceptors (Lipinski definition) is 7. The van der Waals surface area contributed by atoms with Gasteiger partial charge in [0.15, 0.2) is 0 Å². The Kier molecular flexibility index (Phi) is 6.12. The number of hydrogen-bond donors (Lipinski definition) is 0. The monoisotopic (exact) mass is 708 g/mol. The van der Waals surface area contributed by atoms with Gasteiger partial charge in [0, 0.05) is 39.9 Å². The minimum atomic E-state index is -1.44. The minimum absolute atomic E-state index is 1.42. The Morgan fingerprint density at radius 1 is 0.282 bits per heavy atom. The Hall–Kier alpha value is 0.328. The largest absolute Gasteiger partial charge is 0.153 e. The molecule has 7 heterocycles. The first-order chi connectivity index (χ1) is 17.9. The lowest BCUT2D eigenvalue weighted by atomic mass is 10.2. The van der Waals surface area contributed by atoms with Crippen LogP contribution in [0, 0.1) is 0 Å². The van der Waals surface area contributed by atoms with Crippen molar-refractivity contribution in [1.29, 1.82) is 0 Å². The molecule has 0 saturated carbocycles. The van der Waals surface area contributed by atoms with Gasteiger partial charge in [-0.1, -0.05) is 78.6 Å². The van der Waals surface area contributed by atoms with Crippen molar-refractivity contribution in [3.8, 4) is 0 Å². The lowest BCUT2D eigenvalue weighted by Gasteiger charge is -2.16. The number of fused-ring (bicyclic) bond motifs is 11. The molecule has 0 bridgehead atoms. The summed E-state index contributed by atoms with van der Waals surface area (Å²) in [4.78, 5) is 0. The van der Waals surface area contributed by atoms with Gasteiger partial charge < -0.3 is 0 Å². The van der Waals surface area contributed by atoms with Gasteiger partial charge in [-0.3, -0.25) is 0 Å². The van der Waals surface area contributed by atoms with Gasteiger partial charge in [0.1, 0.15) is 0 Å². The summed E-state index contributed by atoms with van der Waals surface area (Å²) in [6.45, 7) is 30.6. The molecule has 0 aromatic carbocycles. The summed E-state index contributed by atoms with van der Waals surface area (Å²) in [6, 6.07) is 0. The third-order valence-corrected chi connectivity index (χ3v) is 31.2. The van der Waals surface area contributed by atoms with Crippen LogP contribution in [0.3, 0.4) is 0 Å². The predicted molar refractivity (Wildman–Crippen MR) is 209 cm³/mol. The second-order valence-corrected chi connectivity index (χ2v) is 44.2. The number of rotatable bonds is 4. The second kappa shape index (κ2) is 8.49. The van der Waals surface area contributed by atoms with Crippen LogP contribution in [0.25, 0.3) is 57.8 Å². The normalized spacial score (nSPS) is 14.7. The molecule has 0 atom stereocenters. The summed E-state index contributed by atoms with van der Waals surface area (Å²) in [7, 11) is -5.72. The van der Waals surface area contributed by atoms with E-state index < -0.39 is 32.3 Å². The van der Waals surface area contributed by atoms with Crippen LogP contribution in [0.2, 0.25) is 78.6 Å². The highest BCUT2D eigenvalue weighted by molar-refractivity contribution is 7.56. The molecule has 0 aliphatic heterocycles. The molecule has 0 spiro atoms. The molecule has 7 aromatic heterocycles. The lowest BCUT2D eigenvalue weighted by molar-refractivity contribution is 1.81. The molecule has 206 valence electrons. The second-order valence-electron chi connectivity index (χ2n) is 15.1. The summed E-state index contributed by atoms with van der Waals surface area (Å²) in [5.74, 6) is 0. The van der Waals surface area contributed by atoms with Crippen LogP contribution in [0.5, 0.6) is 0 Å². The van der Waals surface area contributed by atoms with Crippen LogP contribution in [0.1, 0.15) is 0 Å². The average Bonchev–Trinajstić information content (AvgIpc) is 3.51. The smallest absolute Gasteiger partial charge is 0.0923 e. The van der Waals surface area contributed by atoms with Crippen molar-refractivity contribution in [2.24, 2.45) is 0 Å². The van der Waals surface area contributed by atoms with Crippen LogP contribution in [0.15, 0.2) is 0 Å². The zero-order chi connectivity index (χ0) is 28.2. The maximum atomic E-state index is 2.55. The van der Waals surface area contributed by atoms with Crippen molar-refractivity contribution < 1.29 is 0 Å². The molecule has 0 amide bonds. The van der Waals surface area contributed by atoms with E-state index in [4.69, 9.17) is 0 Å². The molecule has 0 aliphatic carbocycles. The summed E-state index contributed by atoms with van der Waals surface area (Å²) >= 11 is 15.0. The molecule has 0 nitrogen and oxygen atoms in total. The summed E-state index contributed by atoms with van der Waals surface area (Å²) < 4.78 is 19.8. The van der Waals surface area contributed by atoms with Gasteiger partial charge in [0.25, 0.3) is 0 Å². The quantitative estimate of drug-likeness (QED) is 0.160. The molecule has 7 rings (SSSR count). The molecule has 0 fully saturated rings. The van der Waals surface area contributed by atoms with Crippen molar-refractivity contribution in [2.75, 3.05) is 0 Å². The summed E-state index contributed by atoms with van der Waals surface area (Å²) in [5, 5.41) is 6.54. The third kappa shape index (κ3) is 4.01. The molecule has 0 aliphatic rings. The van der Waals surface area contributed by atoms with E-state index in [1.807, 2.05) is 0 Å². The van der Waals surface area contributed by atoms with E-state index in [2.05, 4.69) is 158 Å². The molecule has 0 unspecified atom stereocenters. The standard InChI is InChI=1S/C28H36S7Si4/c1-36(2,3)25-15-19-17(29-21(15)27(34-25)38(7,8)9)13-14-18-20(32-24(14)33-23(13)31-19)16-22(30-18)28(39(10,11)12)35-26(16)37(4,5)6/h1-12H3.